The molecule has 3 aromatic rings. The van der Waals surface area contributed by atoms with Crippen molar-refractivity contribution in [1.29, 1.82) is 0 Å². The second-order valence-electron chi connectivity index (χ2n) is 11.6. The molecule has 44 heavy (non-hydrogen) atoms. The zero-order valence-corrected chi connectivity index (χ0v) is 25.4. The minimum atomic E-state index is -3.45. The summed E-state index contributed by atoms with van der Waals surface area (Å²) in [4.78, 5) is 45.2. The largest absolute Gasteiger partial charge is 0.348 e. The normalized spacial score (nSPS) is 20.1. The number of pyridine rings is 1. The number of nitrogens with zero attached hydrogens (tertiary/aromatic N) is 2. The second kappa shape index (κ2) is 12.4. The summed E-state index contributed by atoms with van der Waals surface area (Å²) in [7, 11) is -3.45. The molecule has 0 bridgehead atoms. The van der Waals surface area contributed by atoms with Crippen molar-refractivity contribution >= 4 is 44.5 Å². The van der Waals surface area contributed by atoms with Crippen molar-refractivity contribution in [3.8, 4) is 0 Å². The van der Waals surface area contributed by atoms with E-state index in [1.165, 1.54) is 37.3 Å². The standard InChI is InChI=1S/C32H34F2N4O5S/c1-18(26-11-10-25(44(3,42)43)15-21(26)7-6-20-4-5-20)35-31(40)29-16-24(34)17-38(29)32(41)19(2)36-30(39)28-12-8-22-14-23(33)9-13-27(22)37-28/h6-15,18-20,24,29H,4-5,16-17H2,1-3H3,(H,35,40)(H,36,39)/b7-6+/t18-,19-,24+,29-/m0/s1. The Morgan fingerprint density at radius 1 is 1.05 bits per heavy atom. The van der Waals surface area contributed by atoms with E-state index in [1.807, 2.05) is 12.2 Å². The molecule has 2 aliphatic rings. The van der Waals surface area contributed by atoms with Gasteiger partial charge in [-0.1, -0.05) is 24.3 Å². The summed E-state index contributed by atoms with van der Waals surface area (Å²) in [5, 5.41) is 5.94. The summed E-state index contributed by atoms with van der Waals surface area (Å²) < 4.78 is 52.4. The zero-order valence-electron chi connectivity index (χ0n) is 24.6. The lowest BCUT2D eigenvalue weighted by Crippen LogP contribution is -2.52. The van der Waals surface area contributed by atoms with E-state index >= 15 is 0 Å². The number of sulfone groups is 1. The Balaban J connectivity index is 1.28. The summed E-state index contributed by atoms with van der Waals surface area (Å²) in [5.74, 6) is -1.82. The number of amides is 3. The first-order valence-corrected chi connectivity index (χ1v) is 16.3. The van der Waals surface area contributed by atoms with Gasteiger partial charge in [-0.25, -0.2) is 22.2 Å². The van der Waals surface area contributed by atoms with Crippen LogP contribution in [0.15, 0.2) is 59.5 Å². The van der Waals surface area contributed by atoms with Gasteiger partial charge in [0.05, 0.1) is 23.0 Å². The van der Waals surface area contributed by atoms with E-state index in [4.69, 9.17) is 0 Å². The van der Waals surface area contributed by atoms with Gasteiger partial charge in [-0.3, -0.25) is 14.4 Å². The Morgan fingerprint density at radius 3 is 2.50 bits per heavy atom. The quantitative estimate of drug-likeness (QED) is 0.369. The third-order valence-electron chi connectivity index (χ3n) is 7.92. The van der Waals surface area contributed by atoms with Gasteiger partial charge in [-0.15, -0.1) is 0 Å². The van der Waals surface area contributed by atoms with E-state index in [1.54, 1.807) is 25.1 Å². The van der Waals surface area contributed by atoms with E-state index in [0.717, 1.165) is 24.0 Å². The van der Waals surface area contributed by atoms with E-state index in [9.17, 15) is 31.6 Å². The molecule has 1 saturated carbocycles. The van der Waals surface area contributed by atoms with Gasteiger partial charge in [0.1, 0.15) is 29.8 Å². The van der Waals surface area contributed by atoms with E-state index in [0.29, 0.717) is 27.9 Å². The lowest BCUT2D eigenvalue weighted by atomic mass is 10.00. The predicted octanol–water partition coefficient (Wildman–Crippen LogP) is 4.14. The van der Waals surface area contributed by atoms with Gasteiger partial charge in [-0.05, 0) is 80.1 Å². The number of rotatable bonds is 9. The number of likely N-dealkylation sites (tertiary alicyclic amines) is 1. The number of carbonyl (C=O) groups excluding carboxylic acids is 3. The Hall–Kier alpha value is -4.19. The molecule has 3 amide bonds. The Kier molecular flexibility index (Phi) is 8.83. The van der Waals surface area contributed by atoms with Crippen LogP contribution in [-0.2, 0) is 19.4 Å². The van der Waals surface area contributed by atoms with Crippen molar-refractivity contribution in [2.75, 3.05) is 12.8 Å². The van der Waals surface area contributed by atoms with Crippen LogP contribution in [0.1, 0.15) is 60.8 Å². The van der Waals surface area contributed by atoms with Crippen LogP contribution >= 0.6 is 0 Å². The van der Waals surface area contributed by atoms with Crippen LogP contribution in [0.4, 0.5) is 8.78 Å². The highest BCUT2D eigenvalue weighted by atomic mass is 32.2. The van der Waals surface area contributed by atoms with Crippen LogP contribution in [0.25, 0.3) is 17.0 Å². The van der Waals surface area contributed by atoms with Crippen molar-refractivity contribution in [3.05, 3.63) is 77.2 Å². The van der Waals surface area contributed by atoms with Gasteiger partial charge in [-0.2, -0.15) is 0 Å². The summed E-state index contributed by atoms with van der Waals surface area (Å²) in [6.45, 7) is 2.88. The molecular formula is C32H34F2N4O5S. The highest BCUT2D eigenvalue weighted by Crippen LogP contribution is 2.32. The number of benzene rings is 2. The van der Waals surface area contributed by atoms with Crippen molar-refractivity contribution in [2.45, 2.75) is 62.3 Å². The molecule has 2 fully saturated rings. The second-order valence-corrected chi connectivity index (χ2v) is 13.6. The first-order valence-electron chi connectivity index (χ1n) is 14.4. The van der Waals surface area contributed by atoms with Gasteiger partial charge in [0.25, 0.3) is 5.91 Å². The van der Waals surface area contributed by atoms with Gasteiger partial charge in [0.2, 0.25) is 11.8 Å². The monoisotopic (exact) mass is 624 g/mol. The maximum atomic E-state index is 14.6. The van der Waals surface area contributed by atoms with Crippen molar-refractivity contribution < 1.29 is 31.6 Å². The summed E-state index contributed by atoms with van der Waals surface area (Å²) in [6.07, 6.45) is 5.52. The van der Waals surface area contributed by atoms with E-state index < -0.39 is 57.7 Å². The number of allylic oxidation sites excluding steroid dienone is 1. The van der Waals surface area contributed by atoms with Crippen molar-refractivity contribution in [1.82, 2.24) is 20.5 Å². The molecule has 4 atom stereocenters. The summed E-state index contributed by atoms with van der Waals surface area (Å²) in [6, 6.07) is 8.86. The van der Waals surface area contributed by atoms with Crippen molar-refractivity contribution in [3.63, 3.8) is 0 Å². The molecule has 12 heteroatoms. The van der Waals surface area contributed by atoms with E-state index in [-0.39, 0.29) is 23.6 Å². The van der Waals surface area contributed by atoms with E-state index in [2.05, 4.69) is 15.6 Å². The summed E-state index contributed by atoms with van der Waals surface area (Å²) in [5.41, 5.74) is 1.76. The number of hydrogen-bond donors (Lipinski definition) is 2. The molecule has 2 aromatic carbocycles. The first kappa shape index (κ1) is 31.2. The number of fused-ring (bicyclic) bond motifs is 1. The van der Waals surface area contributed by atoms with Crippen LogP contribution in [0.3, 0.4) is 0 Å². The fraction of sp³-hybridized carbons (Fsp3) is 0.375. The average Bonchev–Trinajstić information content (AvgIpc) is 3.73. The smallest absolute Gasteiger partial charge is 0.270 e. The number of aromatic nitrogens is 1. The lowest BCUT2D eigenvalue weighted by molar-refractivity contribution is -0.139. The Bertz CT molecular complexity index is 1760. The minimum absolute atomic E-state index is 0.0186. The van der Waals surface area contributed by atoms with Gasteiger partial charge >= 0.3 is 0 Å². The number of carbonyl (C=O) groups is 3. The number of nitrogens with one attached hydrogen (secondary N) is 2. The Labute approximate surface area is 254 Å². The topological polar surface area (TPSA) is 126 Å². The molecule has 5 rings (SSSR count). The SMILES string of the molecule is C[C@H](NC(=O)c1ccc2cc(F)ccc2n1)C(=O)N1C[C@H](F)C[C@H]1C(=O)N[C@@H](C)c1ccc(S(C)(=O)=O)cc1/C=C/C1CC1. The van der Waals surface area contributed by atoms with Gasteiger partial charge < -0.3 is 15.5 Å². The highest BCUT2D eigenvalue weighted by Gasteiger charge is 2.41. The summed E-state index contributed by atoms with van der Waals surface area (Å²) >= 11 is 0. The molecule has 0 radical (unpaired) electrons. The maximum Gasteiger partial charge on any atom is 0.270 e. The Morgan fingerprint density at radius 2 is 1.80 bits per heavy atom. The predicted molar refractivity (Wildman–Crippen MR) is 162 cm³/mol. The van der Waals surface area contributed by atoms with Crippen LogP contribution in [0, 0.1) is 11.7 Å². The molecular weight excluding hydrogens is 590 g/mol. The fourth-order valence-corrected chi connectivity index (χ4v) is 5.97. The fourth-order valence-electron chi connectivity index (χ4n) is 5.32. The molecule has 232 valence electrons. The molecule has 2 N–H and O–H groups in total. The minimum Gasteiger partial charge on any atom is -0.348 e. The molecule has 1 aliphatic carbocycles. The maximum absolute atomic E-state index is 14.6. The third kappa shape index (κ3) is 7.12. The van der Waals surface area contributed by atoms with Crippen LogP contribution in [0.2, 0.25) is 0 Å². The van der Waals surface area contributed by atoms with Crippen LogP contribution in [-0.4, -0.2) is 67.1 Å². The zero-order chi connectivity index (χ0) is 31.8. The number of halogens is 2. The molecule has 1 aromatic heterocycles. The van der Waals surface area contributed by atoms with Crippen LogP contribution in [0.5, 0.6) is 0 Å². The van der Waals surface area contributed by atoms with Crippen molar-refractivity contribution in [2.24, 2.45) is 5.92 Å². The molecule has 0 unspecified atom stereocenters. The van der Waals surface area contributed by atoms with Crippen LogP contribution < -0.4 is 10.6 Å². The molecule has 0 spiro atoms. The molecule has 1 saturated heterocycles. The number of alkyl halides is 1. The van der Waals surface area contributed by atoms with Gasteiger partial charge in [0.15, 0.2) is 9.84 Å². The first-order chi connectivity index (χ1) is 20.8. The average molecular weight is 625 g/mol. The lowest BCUT2D eigenvalue weighted by Gasteiger charge is -2.28. The third-order valence-corrected chi connectivity index (χ3v) is 9.03. The number of hydrogen-bond acceptors (Lipinski definition) is 6. The highest BCUT2D eigenvalue weighted by molar-refractivity contribution is 7.90. The molecule has 2 heterocycles. The molecule has 1 aliphatic heterocycles. The molecule has 9 nitrogen and oxygen atoms in total. The van der Waals surface area contributed by atoms with Gasteiger partial charge in [0, 0.05) is 18.1 Å².